The van der Waals surface area contributed by atoms with E-state index in [9.17, 15) is 13.2 Å². The van der Waals surface area contributed by atoms with E-state index in [0.717, 1.165) is 21.5 Å². The van der Waals surface area contributed by atoms with Gasteiger partial charge in [-0.2, -0.15) is 13.2 Å². The minimum absolute atomic E-state index is 0.0799. The Morgan fingerprint density at radius 3 is 2.60 bits per heavy atom. The van der Waals surface area contributed by atoms with Crippen molar-refractivity contribution >= 4 is 27.4 Å². The molecule has 0 fully saturated rings. The number of thiophene rings is 1. The molecule has 2 aromatic rings. The van der Waals surface area contributed by atoms with Crippen LogP contribution in [0.5, 0.6) is 0 Å². The standard InChI is InChI=1S/C13H16F3N3S/c1-3-9-7-10-11(17-8-18-12(10)20-9)19(4-2)6-5-13(14,15)16/h7-8H,3-6H2,1-2H3. The fourth-order valence-corrected chi connectivity index (χ4v) is 2.92. The molecule has 3 nitrogen and oxygen atoms in total. The number of nitrogens with zero attached hydrogens (tertiary/aromatic N) is 3. The number of aryl methyl sites for hydroxylation is 1. The highest BCUT2D eigenvalue weighted by Gasteiger charge is 2.28. The van der Waals surface area contributed by atoms with Gasteiger partial charge in [0.05, 0.1) is 11.8 Å². The molecule has 0 saturated carbocycles. The van der Waals surface area contributed by atoms with E-state index in [1.165, 1.54) is 6.33 Å². The second-order valence-electron chi connectivity index (χ2n) is 4.43. The largest absolute Gasteiger partial charge is 0.390 e. The zero-order valence-electron chi connectivity index (χ0n) is 11.4. The lowest BCUT2D eigenvalue weighted by atomic mass is 10.2. The van der Waals surface area contributed by atoms with Crippen LogP contribution in [-0.4, -0.2) is 29.2 Å². The zero-order valence-corrected chi connectivity index (χ0v) is 12.2. The summed E-state index contributed by atoms with van der Waals surface area (Å²) in [5.41, 5.74) is 0. The summed E-state index contributed by atoms with van der Waals surface area (Å²) in [7, 11) is 0. The normalized spacial score (nSPS) is 12.1. The van der Waals surface area contributed by atoms with E-state index in [1.54, 1.807) is 16.2 Å². The molecule has 0 aromatic carbocycles. The molecule has 0 atom stereocenters. The van der Waals surface area contributed by atoms with Crippen LogP contribution in [-0.2, 0) is 6.42 Å². The smallest absolute Gasteiger partial charge is 0.356 e. The summed E-state index contributed by atoms with van der Waals surface area (Å²) < 4.78 is 37.1. The Balaban J connectivity index is 2.31. The Morgan fingerprint density at radius 2 is 2.00 bits per heavy atom. The SMILES string of the molecule is CCc1cc2c(N(CC)CCC(F)(F)F)ncnc2s1. The van der Waals surface area contributed by atoms with Crippen LogP contribution >= 0.6 is 11.3 Å². The topological polar surface area (TPSA) is 29.0 Å². The highest BCUT2D eigenvalue weighted by molar-refractivity contribution is 7.18. The predicted octanol–water partition coefficient (Wildman–Crippen LogP) is 4.03. The third-order valence-corrected chi connectivity index (χ3v) is 4.24. The van der Waals surface area contributed by atoms with Gasteiger partial charge in [-0.3, -0.25) is 0 Å². The number of hydrogen-bond acceptors (Lipinski definition) is 4. The third kappa shape index (κ3) is 3.39. The number of alkyl halides is 3. The molecule has 0 aliphatic carbocycles. The first kappa shape index (κ1) is 15.0. The van der Waals surface area contributed by atoms with Crippen LogP contribution in [0.3, 0.4) is 0 Å². The van der Waals surface area contributed by atoms with Crippen LogP contribution in [0.25, 0.3) is 10.2 Å². The highest BCUT2D eigenvalue weighted by atomic mass is 32.1. The number of hydrogen-bond donors (Lipinski definition) is 0. The highest BCUT2D eigenvalue weighted by Crippen LogP contribution is 2.31. The lowest BCUT2D eigenvalue weighted by Gasteiger charge is -2.23. The van der Waals surface area contributed by atoms with Gasteiger partial charge in [0, 0.05) is 18.0 Å². The molecule has 0 radical (unpaired) electrons. The van der Waals surface area contributed by atoms with Crippen molar-refractivity contribution in [3.63, 3.8) is 0 Å². The number of anilines is 1. The van der Waals surface area contributed by atoms with Gasteiger partial charge in [-0.25, -0.2) is 9.97 Å². The maximum absolute atomic E-state index is 12.4. The van der Waals surface area contributed by atoms with Gasteiger partial charge in [-0.05, 0) is 19.4 Å². The maximum atomic E-state index is 12.4. The van der Waals surface area contributed by atoms with E-state index in [1.807, 2.05) is 19.9 Å². The second-order valence-corrected chi connectivity index (χ2v) is 5.54. The van der Waals surface area contributed by atoms with Crippen molar-refractivity contribution in [3.8, 4) is 0 Å². The van der Waals surface area contributed by atoms with Crippen LogP contribution in [0.15, 0.2) is 12.4 Å². The summed E-state index contributed by atoms with van der Waals surface area (Å²) in [5.74, 6) is 0.595. The molecule has 2 aromatic heterocycles. The minimum atomic E-state index is -4.15. The zero-order chi connectivity index (χ0) is 14.8. The van der Waals surface area contributed by atoms with Crippen molar-refractivity contribution in [1.82, 2.24) is 9.97 Å². The molecule has 0 amide bonds. The molecular weight excluding hydrogens is 287 g/mol. The van der Waals surface area contributed by atoms with Gasteiger partial charge < -0.3 is 4.90 Å². The van der Waals surface area contributed by atoms with Crippen molar-refractivity contribution in [2.75, 3.05) is 18.0 Å². The Labute approximate surface area is 119 Å². The molecule has 2 rings (SSSR count). The Morgan fingerprint density at radius 1 is 1.25 bits per heavy atom. The molecule has 0 unspecified atom stereocenters. The molecule has 0 N–H and O–H groups in total. The molecular formula is C13H16F3N3S. The number of rotatable bonds is 5. The summed E-state index contributed by atoms with van der Waals surface area (Å²) in [4.78, 5) is 12.0. The molecule has 7 heteroatoms. The van der Waals surface area contributed by atoms with Gasteiger partial charge in [0.25, 0.3) is 0 Å². The molecule has 0 bridgehead atoms. The molecule has 2 heterocycles. The lowest BCUT2D eigenvalue weighted by molar-refractivity contribution is -0.132. The maximum Gasteiger partial charge on any atom is 0.390 e. The van der Waals surface area contributed by atoms with Gasteiger partial charge in [0.1, 0.15) is 17.0 Å². The van der Waals surface area contributed by atoms with Crippen LogP contribution in [0.1, 0.15) is 25.1 Å². The van der Waals surface area contributed by atoms with Gasteiger partial charge in [-0.15, -0.1) is 11.3 Å². The van der Waals surface area contributed by atoms with Crippen LogP contribution in [0.2, 0.25) is 0 Å². The molecule has 20 heavy (non-hydrogen) atoms. The van der Waals surface area contributed by atoms with E-state index in [-0.39, 0.29) is 6.54 Å². The van der Waals surface area contributed by atoms with Crippen molar-refractivity contribution < 1.29 is 13.2 Å². The molecule has 110 valence electrons. The van der Waals surface area contributed by atoms with E-state index >= 15 is 0 Å². The van der Waals surface area contributed by atoms with E-state index < -0.39 is 12.6 Å². The quantitative estimate of drug-likeness (QED) is 0.835. The number of aromatic nitrogens is 2. The van der Waals surface area contributed by atoms with E-state index in [2.05, 4.69) is 9.97 Å². The second kappa shape index (κ2) is 5.95. The van der Waals surface area contributed by atoms with Crippen molar-refractivity contribution in [3.05, 3.63) is 17.3 Å². The van der Waals surface area contributed by atoms with Gasteiger partial charge in [-0.1, -0.05) is 6.92 Å². The lowest BCUT2D eigenvalue weighted by Crippen LogP contribution is -2.28. The summed E-state index contributed by atoms with van der Waals surface area (Å²) in [6, 6.07) is 1.98. The Kier molecular flexibility index (Phi) is 4.47. The van der Waals surface area contributed by atoms with Crippen molar-refractivity contribution in [2.24, 2.45) is 0 Å². The molecule has 0 saturated heterocycles. The summed E-state index contributed by atoms with van der Waals surface area (Å²) >= 11 is 1.56. The number of halogens is 3. The molecule has 0 aliphatic heterocycles. The summed E-state index contributed by atoms with van der Waals surface area (Å²) in [6.45, 7) is 4.28. The summed E-state index contributed by atoms with van der Waals surface area (Å²) in [5, 5.41) is 0.846. The number of fused-ring (bicyclic) bond motifs is 1. The van der Waals surface area contributed by atoms with Crippen molar-refractivity contribution in [2.45, 2.75) is 32.9 Å². The van der Waals surface area contributed by atoms with Gasteiger partial charge in [0.2, 0.25) is 0 Å². The van der Waals surface area contributed by atoms with Crippen LogP contribution < -0.4 is 4.90 Å². The fourth-order valence-electron chi connectivity index (χ4n) is 1.99. The summed E-state index contributed by atoms with van der Waals surface area (Å²) in [6.07, 6.45) is -2.68. The Bertz CT molecular complexity index is 580. The first-order chi connectivity index (χ1) is 9.44. The van der Waals surface area contributed by atoms with Crippen LogP contribution in [0.4, 0.5) is 19.0 Å². The predicted molar refractivity (Wildman–Crippen MR) is 75.4 cm³/mol. The van der Waals surface area contributed by atoms with E-state index in [4.69, 9.17) is 0 Å². The van der Waals surface area contributed by atoms with Gasteiger partial charge >= 0.3 is 6.18 Å². The fraction of sp³-hybridized carbons (Fsp3) is 0.538. The molecule has 0 spiro atoms. The minimum Gasteiger partial charge on any atom is -0.356 e. The average Bonchev–Trinajstić information content (AvgIpc) is 2.81. The van der Waals surface area contributed by atoms with Crippen molar-refractivity contribution in [1.29, 1.82) is 0 Å². The third-order valence-electron chi connectivity index (χ3n) is 3.05. The van der Waals surface area contributed by atoms with E-state index in [0.29, 0.717) is 12.4 Å². The van der Waals surface area contributed by atoms with Crippen LogP contribution in [0, 0.1) is 0 Å². The first-order valence-corrected chi connectivity index (χ1v) is 7.31. The Hall–Kier alpha value is -1.37. The monoisotopic (exact) mass is 303 g/mol. The molecule has 0 aliphatic rings. The van der Waals surface area contributed by atoms with Gasteiger partial charge in [0.15, 0.2) is 0 Å². The first-order valence-electron chi connectivity index (χ1n) is 6.49. The average molecular weight is 303 g/mol.